The van der Waals surface area contributed by atoms with Gasteiger partial charge in [0.25, 0.3) is 0 Å². The number of carbonyl (C=O) groups is 1. The zero-order valence-corrected chi connectivity index (χ0v) is 13.7. The van der Waals surface area contributed by atoms with Crippen LogP contribution in [0, 0.1) is 6.92 Å². The first-order chi connectivity index (χ1) is 9.90. The van der Waals surface area contributed by atoms with Crippen molar-refractivity contribution in [3.05, 3.63) is 17.8 Å². The molecule has 0 bridgehead atoms. The number of imidazole rings is 1. The fourth-order valence-electron chi connectivity index (χ4n) is 1.88. The van der Waals surface area contributed by atoms with E-state index in [1.807, 2.05) is 24.5 Å². The Hall–Kier alpha value is -1.41. The lowest BCUT2D eigenvalue weighted by molar-refractivity contribution is -0.133. The van der Waals surface area contributed by atoms with Crippen LogP contribution in [0.5, 0.6) is 0 Å². The number of pyridine rings is 1. The van der Waals surface area contributed by atoms with Crippen LogP contribution in [0.4, 0.5) is 0 Å². The molecule has 0 amide bonds. The molecule has 2 aromatic heterocycles. The van der Waals surface area contributed by atoms with Crippen molar-refractivity contribution in [3.8, 4) is 0 Å². The summed E-state index contributed by atoms with van der Waals surface area (Å²) in [5.41, 5.74) is 2.46. The number of fused-ring (bicyclic) bond motifs is 1. The molecule has 0 saturated carbocycles. The average Bonchev–Trinajstić information content (AvgIpc) is 2.76. The maximum Gasteiger partial charge on any atom is 0.313 e. The average molecular weight is 327 g/mol. The normalized spacial score (nSPS) is 14.2. The van der Waals surface area contributed by atoms with Crippen molar-refractivity contribution in [1.82, 2.24) is 14.5 Å². The highest BCUT2D eigenvalue weighted by atomic mass is 32.2. The van der Waals surface area contributed by atoms with Crippen LogP contribution in [0.2, 0.25) is 0 Å². The van der Waals surface area contributed by atoms with Gasteiger partial charge in [0.2, 0.25) is 0 Å². The van der Waals surface area contributed by atoms with Crippen LogP contribution in [-0.4, -0.2) is 47.1 Å². The van der Waals surface area contributed by atoms with Crippen molar-refractivity contribution in [2.45, 2.75) is 30.8 Å². The van der Waals surface area contributed by atoms with Gasteiger partial charge < -0.3 is 9.67 Å². The van der Waals surface area contributed by atoms with Crippen LogP contribution < -0.4 is 0 Å². The number of hydrogen-bond donors (Lipinski definition) is 1. The molecular weight excluding hydrogens is 310 g/mol. The van der Waals surface area contributed by atoms with Crippen molar-refractivity contribution < 1.29 is 14.1 Å². The van der Waals surface area contributed by atoms with Gasteiger partial charge in [0, 0.05) is 35.0 Å². The Bertz CT molecular complexity index is 699. The molecule has 0 aromatic carbocycles. The van der Waals surface area contributed by atoms with E-state index in [4.69, 9.17) is 5.11 Å². The number of carboxylic acids is 1. The van der Waals surface area contributed by atoms with Gasteiger partial charge in [0.1, 0.15) is 5.52 Å². The van der Waals surface area contributed by atoms with Crippen molar-refractivity contribution in [1.29, 1.82) is 0 Å². The topological polar surface area (TPSA) is 85.1 Å². The van der Waals surface area contributed by atoms with E-state index in [-0.39, 0.29) is 11.0 Å². The number of rotatable bonds is 6. The van der Waals surface area contributed by atoms with E-state index in [1.165, 1.54) is 0 Å². The fourth-order valence-corrected chi connectivity index (χ4v) is 2.97. The molecule has 0 aliphatic heterocycles. The molecule has 0 saturated heterocycles. The third-order valence-electron chi connectivity index (χ3n) is 3.13. The van der Waals surface area contributed by atoms with Gasteiger partial charge in [-0.3, -0.25) is 9.00 Å². The summed E-state index contributed by atoms with van der Waals surface area (Å²) in [6.45, 7) is 4.33. The summed E-state index contributed by atoms with van der Waals surface area (Å²) in [4.78, 5) is 19.6. The Labute approximate surface area is 129 Å². The lowest BCUT2D eigenvalue weighted by atomic mass is 10.3. The molecule has 2 heterocycles. The Morgan fingerprint density at radius 1 is 1.57 bits per heavy atom. The molecule has 8 heteroatoms. The number of carboxylic acid groups (broad SMARTS) is 1. The highest BCUT2D eigenvalue weighted by Crippen LogP contribution is 2.25. The number of aliphatic carboxylic acids is 1. The zero-order valence-electron chi connectivity index (χ0n) is 12.1. The van der Waals surface area contributed by atoms with Gasteiger partial charge in [-0.2, -0.15) is 0 Å². The number of hydrogen-bond acceptors (Lipinski definition) is 5. The first kappa shape index (κ1) is 16.0. The molecule has 0 radical (unpaired) electrons. The van der Waals surface area contributed by atoms with Crippen molar-refractivity contribution in [2.75, 3.05) is 12.0 Å². The SMILES string of the molecule is Cc1ccnc2c1nc(SCC(=O)O)n2CC(C)S(C)=O. The Kier molecular flexibility index (Phi) is 5.00. The number of thioether (sulfide) groups is 1. The summed E-state index contributed by atoms with van der Waals surface area (Å²) in [5, 5.41) is 9.39. The lowest BCUT2D eigenvalue weighted by Crippen LogP contribution is -2.18. The minimum absolute atomic E-state index is 0.0612. The van der Waals surface area contributed by atoms with Crippen LogP contribution in [0.25, 0.3) is 11.2 Å². The fraction of sp³-hybridized carbons (Fsp3) is 0.462. The highest BCUT2D eigenvalue weighted by Gasteiger charge is 2.18. The highest BCUT2D eigenvalue weighted by molar-refractivity contribution is 7.99. The van der Waals surface area contributed by atoms with Crippen LogP contribution in [0.1, 0.15) is 12.5 Å². The second-order valence-electron chi connectivity index (χ2n) is 4.80. The number of nitrogens with zero attached hydrogens (tertiary/aromatic N) is 3. The van der Waals surface area contributed by atoms with Gasteiger partial charge in [-0.15, -0.1) is 0 Å². The first-order valence-corrected chi connectivity index (χ1v) is 8.99. The van der Waals surface area contributed by atoms with Crippen LogP contribution in [0.3, 0.4) is 0 Å². The van der Waals surface area contributed by atoms with E-state index in [2.05, 4.69) is 9.97 Å². The van der Waals surface area contributed by atoms with Gasteiger partial charge in [-0.1, -0.05) is 11.8 Å². The van der Waals surface area contributed by atoms with Gasteiger partial charge in [0.15, 0.2) is 10.8 Å². The zero-order chi connectivity index (χ0) is 15.6. The largest absolute Gasteiger partial charge is 0.481 e. The molecule has 2 atom stereocenters. The van der Waals surface area contributed by atoms with Gasteiger partial charge in [-0.25, -0.2) is 9.97 Å². The Morgan fingerprint density at radius 3 is 2.90 bits per heavy atom. The van der Waals surface area contributed by atoms with Crippen molar-refractivity contribution in [3.63, 3.8) is 0 Å². The molecule has 0 aliphatic rings. The molecule has 21 heavy (non-hydrogen) atoms. The second-order valence-corrected chi connectivity index (χ2v) is 7.54. The predicted molar refractivity (Wildman–Crippen MR) is 84.2 cm³/mol. The van der Waals surface area contributed by atoms with E-state index < -0.39 is 16.8 Å². The molecule has 6 nitrogen and oxygen atoms in total. The Morgan fingerprint density at radius 2 is 2.29 bits per heavy atom. The first-order valence-electron chi connectivity index (χ1n) is 6.38. The molecular formula is C13H17N3O3S2. The quantitative estimate of drug-likeness (QED) is 0.813. The molecule has 1 N–H and O–H groups in total. The van der Waals surface area contributed by atoms with E-state index in [9.17, 15) is 9.00 Å². The maximum absolute atomic E-state index is 11.6. The summed E-state index contributed by atoms with van der Waals surface area (Å²) in [6, 6.07) is 1.87. The standard InChI is InChI=1S/C13H17N3O3S2/c1-8-4-5-14-12-11(8)15-13(20-7-10(17)18)16(12)6-9(2)21(3)19/h4-5,9H,6-7H2,1-3H3,(H,17,18). The number of aryl methyl sites for hydroxylation is 1. The third kappa shape index (κ3) is 3.62. The summed E-state index contributed by atoms with van der Waals surface area (Å²) >= 11 is 1.16. The van der Waals surface area contributed by atoms with E-state index in [0.29, 0.717) is 17.3 Å². The molecule has 2 rings (SSSR count). The van der Waals surface area contributed by atoms with Crippen molar-refractivity contribution >= 4 is 39.7 Å². The summed E-state index contributed by atoms with van der Waals surface area (Å²) in [7, 11) is -0.966. The molecule has 0 fully saturated rings. The summed E-state index contributed by atoms with van der Waals surface area (Å²) in [6.07, 6.45) is 3.36. The van der Waals surface area contributed by atoms with Gasteiger partial charge in [-0.05, 0) is 25.5 Å². The summed E-state index contributed by atoms with van der Waals surface area (Å²) in [5.74, 6) is -0.957. The Balaban J connectivity index is 2.46. The molecule has 2 aromatic rings. The smallest absolute Gasteiger partial charge is 0.313 e. The molecule has 2 unspecified atom stereocenters. The van der Waals surface area contributed by atoms with Crippen molar-refractivity contribution in [2.24, 2.45) is 0 Å². The molecule has 114 valence electrons. The monoisotopic (exact) mass is 327 g/mol. The maximum atomic E-state index is 11.6. The van der Waals surface area contributed by atoms with E-state index in [0.717, 1.165) is 22.8 Å². The minimum atomic E-state index is -0.966. The van der Waals surface area contributed by atoms with Crippen LogP contribution in [0.15, 0.2) is 17.4 Å². The third-order valence-corrected chi connectivity index (χ3v) is 5.38. The van der Waals surface area contributed by atoms with Crippen LogP contribution in [-0.2, 0) is 22.1 Å². The molecule has 0 aliphatic carbocycles. The van der Waals surface area contributed by atoms with E-state index in [1.54, 1.807) is 12.5 Å². The summed E-state index contributed by atoms with van der Waals surface area (Å²) < 4.78 is 13.5. The predicted octanol–water partition coefficient (Wildman–Crippen LogP) is 1.68. The minimum Gasteiger partial charge on any atom is -0.481 e. The number of aromatic nitrogens is 3. The van der Waals surface area contributed by atoms with Gasteiger partial charge >= 0.3 is 5.97 Å². The van der Waals surface area contributed by atoms with Crippen LogP contribution >= 0.6 is 11.8 Å². The molecule has 0 spiro atoms. The van der Waals surface area contributed by atoms with Gasteiger partial charge in [0.05, 0.1) is 5.75 Å². The second kappa shape index (κ2) is 6.57. The lowest BCUT2D eigenvalue weighted by Gasteiger charge is -2.12. The van der Waals surface area contributed by atoms with E-state index >= 15 is 0 Å².